The van der Waals surface area contributed by atoms with Crippen LogP contribution in [-0.4, -0.2) is 33.6 Å². The van der Waals surface area contributed by atoms with E-state index in [0.717, 1.165) is 6.54 Å². The van der Waals surface area contributed by atoms with Crippen molar-refractivity contribution in [3.63, 3.8) is 0 Å². The van der Waals surface area contributed by atoms with E-state index in [9.17, 15) is 4.79 Å². The predicted molar refractivity (Wildman–Crippen MR) is 57.1 cm³/mol. The van der Waals surface area contributed by atoms with Gasteiger partial charge in [0.25, 0.3) is 0 Å². The summed E-state index contributed by atoms with van der Waals surface area (Å²) in [6.07, 6.45) is 2.83. The average Bonchev–Trinajstić information content (AvgIpc) is 2.18. The van der Waals surface area contributed by atoms with Crippen molar-refractivity contribution in [2.75, 3.05) is 11.4 Å². The molecule has 0 bridgehead atoms. The van der Waals surface area contributed by atoms with Gasteiger partial charge in [0.1, 0.15) is 5.82 Å². The summed E-state index contributed by atoms with van der Waals surface area (Å²) in [5, 5.41) is 8.78. The fourth-order valence-corrected chi connectivity index (χ4v) is 1.39. The topological polar surface area (TPSA) is 66.3 Å². The van der Waals surface area contributed by atoms with Crippen molar-refractivity contribution in [1.29, 1.82) is 0 Å². The zero-order valence-corrected chi connectivity index (χ0v) is 9.14. The summed E-state index contributed by atoms with van der Waals surface area (Å²) in [5.74, 6) is -0.448. The monoisotopic (exact) mass is 209 g/mol. The van der Waals surface area contributed by atoms with Gasteiger partial charge in [-0.05, 0) is 20.8 Å². The minimum Gasteiger partial charge on any atom is -0.476 e. The fourth-order valence-electron chi connectivity index (χ4n) is 1.39. The highest BCUT2D eigenvalue weighted by molar-refractivity contribution is 5.85. The molecule has 0 aliphatic heterocycles. The van der Waals surface area contributed by atoms with E-state index in [1.54, 1.807) is 6.20 Å². The highest BCUT2D eigenvalue weighted by atomic mass is 16.4. The number of hydrogen-bond acceptors (Lipinski definition) is 4. The maximum Gasteiger partial charge on any atom is 0.356 e. The molecule has 1 aromatic heterocycles. The molecular formula is C10H15N3O2. The number of carbonyl (C=O) groups is 1. The van der Waals surface area contributed by atoms with E-state index in [1.807, 2.05) is 25.7 Å². The Labute approximate surface area is 88.8 Å². The van der Waals surface area contributed by atoms with E-state index in [1.165, 1.54) is 6.20 Å². The molecule has 0 spiro atoms. The molecular weight excluding hydrogens is 194 g/mol. The molecule has 0 saturated heterocycles. The van der Waals surface area contributed by atoms with Gasteiger partial charge in [-0.25, -0.2) is 9.78 Å². The molecule has 0 fully saturated rings. The molecule has 15 heavy (non-hydrogen) atoms. The first kappa shape index (κ1) is 11.4. The summed E-state index contributed by atoms with van der Waals surface area (Å²) < 4.78 is 0. The third-order valence-electron chi connectivity index (χ3n) is 2.10. The average molecular weight is 209 g/mol. The van der Waals surface area contributed by atoms with Gasteiger partial charge in [-0.15, -0.1) is 0 Å². The molecule has 0 unspecified atom stereocenters. The fraction of sp³-hybridized carbons (Fsp3) is 0.500. The molecule has 0 radical (unpaired) electrons. The van der Waals surface area contributed by atoms with Gasteiger partial charge in [0.2, 0.25) is 0 Å². The number of hydrogen-bond donors (Lipinski definition) is 1. The Morgan fingerprint density at radius 1 is 1.53 bits per heavy atom. The first-order chi connectivity index (χ1) is 7.06. The quantitative estimate of drug-likeness (QED) is 0.812. The second kappa shape index (κ2) is 4.72. The Bertz CT molecular complexity index is 352. The number of anilines is 1. The second-order valence-corrected chi connectivity index (χ2v) is 3.45. The number of nitrogens with zero attached hydrogens (tertiary/aromatic N) is 3. The van der Waals surface area contributed by atoms with Crippen LogP contribution in [0.25, 0.3) is 0 Å². The first-order valence-corrected chi connectivity index (χ1v) is 4.88. The molecule has 0 aromatic carbocycles. The van der Waals surface area contributed by atoms with Crippen LogP contribution in [0.15, 0.2) is 12.4 Å². The van der Waals surface area contributed by atoms with Gasteiger partial charge >= 0.3 is 5.97 Å². The Hall–Kier alpha value is -1.65. The standard InChI is InChI=1S/C10H15N3O2/c1-4-13(7(2)3)9-6-11-5-8(12-9)10(14)15/h5-7H,4H2,1-3H3,(H,14,15). The molecule has 0 saturated carbocycles. The van der Waals surface area contributed by atoms with Crippen LogP contribution in [0.3, 0.4) is 0 Å². The molecule has 1 N–H and O–H groups in total. The van der Waals surface area contributed by atoms with Crippen molar-refractivity contribution >= 4 is 11.8 Å². The van der Waals surface area contributed by atoms with E-state index in [-0.39, 0.29) is 11.7 Å². The van der Waals surface area contributed by atoms with Crippen molar-refractivity contribution in [2.45, 2.75) is 26.8 Å². The third kappa shape index (κ3) is 2.65. The maximum absolute atomic E-state index is 10.7. The Balaban J connectivity index is 3.03. The van der Waals surface area contributed by atoms with Gasteiger partial charge < -0.3 is 10.0 Å². The van der Waals surface area contributed by atoms with Crippen LogP contribution in [0.5, 0.6) is 0 Å². The van der Waals surface area contributed by atoms with E-state index in [0.29, 0.717) is 5.82 Å². The number of carboxylic acids is 1. The molecule has 82 valence electrons. The molecule has 0 atom stereocenters. The van der Waals surface area contributed by atoms with Crippen LogP contribution in [0, 0.1) is 0 Å². The van der Waals surface area contributed by atoms with Crippen molar-refractivity contribution in [2.24, 2.45) is 0 Å². The zero-order valence-electron chi connectivity index (χ0n) is 9.14. The number of aromatic nitrogens is 2. The van der Waals surface area contributed by atoms with Crippen molar-refractivity contribution in [1.82, 2.24) is 9.97 Å². The van der Waals surface area contributed by atoms with Gasteiger partial charge in [-0.1, -0.05) is 0 Å². The second-order valence-electron chi connectivity index (χ2n) is 3.45. The number of carboxylic acid groups (broad SMARTS) is 1. The maximum atomic E-state index is 10.7. The minimum absolute atomic E-state index is 0.0217. The highest BCUT2D eigenvalue weighted by Crippen LogP contribution is 2.12. The van der Waals surface area contributed by atoms with Crippen molar-refractivity contribution < 1.29 is 9.90 Å². The molecule has 0 aliphatic rings. The van der Waals surface area contributed by atoms with E-state index in [4.69, 9.17) is 5.11 Å². The largest absolute Gasteiger partial charge is 0.476 e. The summed E-state index contributed by atoms with van der Waals surface area (Å²) in [6.45, 7) is 6.82. The van der Waals surface area contributed by atoms with E-state index < -0.39 is 5.97 Å². The summed E-state index contributed by atoms with van der Waals surface area (Å²) in [6, 6.07) is 0.272. The minimum atomic E-state index is -1.05. The first-order valence-electron chi connectivity index (χ1n) is 4.88. The van der Waals surface area contributed by atoms with Gasteiger partial charge in [0, 0.05) is 12.6 Å². The van der Waals surface area contributed by atoms with E-state index >= 15 is 0 Å². The summed E-state index contributed by atoms with van der Waals surface area (Å²) >= 11 is 0. The molecule has 0 aliphatic carbocycles. The smallest absolute Gasteiger partial charge is 0.356 e. The van der Waals surface area contributed by atoms with Crippen LogP contribution in [0.4, 0.5) is 5.82 Å². The van der Waals surface area contributed by atoms with Gasteiger partial charge in [-0.3, -0.25) is 4.98 Å². The van der Waals surface area contributed by atoms with Crippen LogP contribution in [-0.2, 0) is 0 Å². The molecule has 5 heteroatoms. The Morgan fingerprint density at radius 2 is 2.20 bits per heavy atom. The molecule has 1 aromatic rings. The van der Waals surface area contributed by atoms with Crippen LogP contribution < -0.4 is 4.90 Å². The lowest BCUT2D eigenvalue weighted by atomic mass is 10.3. The number of rotatable bonds is 4. The predicted octanol–water partition coefficient (Wildman–Crippen LogP) is 1.41. The van der Waals surface area contributed by atoms with Gasteiger partial charge in [-0.2, -0.15) is 0 Å². The molecule has 5 nitrogen and oxygen atoms in total. The Kier molecular flexibility index (Phi) is 3.60. The lowest BCUT2D eigenvalue weighted by Gasteiger charge is -2.25. The highest BCUT2D eigenvalue weighted by Gasteiger charge is 2.12. The normalized spacial score (nSPS) is 10.4. The number of aromatic carboxylic acids is 1. The third-order valence-corrected chi connectivity index (χ3v) is 2.10. The molecule has 1 heterocycles. The van der Waals surface area contributed by atoms with Crippen LogP contribution >= 0.6 is 0 Å². The SMILES string of the molecule is CCN(c1cncc(C(=O)O)n1)C(C)C. The lowest BCUT2D eigenvalue weighted by molar-refractivity contribution is 0.0690. The van der Waals surface area contributed by atoms with Gasteiger partial charge in [0.05, 0.1) is 12.4 Å². The molecule has 0 amide bonds. The summed E-state index contributed by atoms with van der Waals surface area (Å²) in [7, 11) is 0. The van der Waals surface area contributed by atoms with Crippen molar-refractivity contribution in [3.05, 3.63) is 18.1 Å². The van der Waals surface area contributed by atoms with E-state index in [2.05, 4.69) is 9.97 Å². The van der Waals surface area contributed by atoms with Gasteiger partial charge in [0.15, 0.2) is 5.69 Å². The van der Waals surface area contributed by atoms with Crippen molar-refractivity contribution in [3.8, 4) is 0 Å². The lowest BCUT2D eigenvalue weighted by Crippen LogP contribution is -2.31. The Morgan fingerprint density at radius 3 is 2.67 bits per heavy atom. The zero-order chi connectivity index (χ0) is 11.4. The summed E-state index contributed by atoms with van der Waals surface area (Å²) in [5.41, 5.74) is -0.0217. The van der Waals surface area contributed by atoms with Crippen LogP contribution in [0.2, 0.25) is 0 Å². The van der Waals surface area contributed by atoms with Crippen LogP contribution in [0.1, 0.15) is 31.3 Å². The molecule has 1 rings (SSSR count). The summed E-state index contributed by atoms with van der Waals surface area (Å²) in [4.78, 5) is 20.6.